The predicted octanol–water partition coefficient (Wildman–Crippen LogP) is 1.70. The van der Waals surface area contributed by atoms with Crippen molar-refractivity contribution in [2.75, 3.05) is 12.4 Å². The first-order chi connectivity index (χ1) is 9.85. The zero-order chi connectivity index (χ0) is 15.7. The van der Waals surface area contributed by atoms with Gasteiger partial charge >= 0.3 is 6.01 Å². The largest absolute Gasteiger partial charge is 0.467 e. The van der Waals surface area contributed by atoms with Crippen molar-refractivity contribution in [3.63, 3.8) is 0 Å². The lowest BCUT2D eigenvalue weighted by molar-refractivity contribution is 0.102. The third kappa shape index (κ3) is 2.72. The van der Waals surface area contributed by atoms with E-state index in [0.717, 1.165) is 5.69 Å². The third-order valence-electron chi connectivity index (χ3n) is 3.41. The quantitative estimate of drug-likeness (QED) is 0.930. The number of carbonyl (C=O) groups excluding carboxylic acids is 1. The normalized spacial score (nSPS) is 10.6. The molecule has 2 aromatic heterocycles. The molecule has 0 saturated carbocycles. The number of anilines is 1. The number of amides is 1. The Hall–Kier alpha value is -2.44. The molecule has 7 nitrogen and oxygen atoms in total. The lowest BCUT2D eigenvalue weighted by Crippen LogP contribution is -2.17. The molecule has 0 unspecified atom stereocenters. The van der Waals surface area contributed by atoms with Gasteiger partial charge in [0.2, 0.25) is 0 Å². The fourth-order valence-electron chi connectivity index (χ4n) is 2.24. The van der Waals surface area contributed by atoms with E-state index in [1.807, 2.05) is 20.9 Å². The maximum Gasteiger partial charge on any atom is 0.316 e. The molecular weight excluding hydrogens is 270 g/mol. The van der Waals surface area contributed by atoms with Crippen LogP contribution in [0.2, 0.25) is 0 Å². The van der Waals surface area contributed by atoms with Gasteiger partial charge in [-0.15, -0.1) is 0 Å². The van der Waals surface area contributed by atoms with Gasteiger partial charge in [0, 0.05) is 12.7 Å². The zero-order valence-corrected chi connectivity index (χ0v) is 13.1. The number of hydrogen-bond donors (Lipinski definition) is 1. The molecule has 0 aliphatic rings. The number of nitrogens with zero attached hydrogens (tertiary/aromatic N) is 4. The highest BCUT2D eigenvalue weighted by molar-refractivity contribution is 6.06. The van der Waals surface area contributed by atoms with E-state index in [4.69, 9.17) is 4.74 Å². The van der Waals surface area contributed by atoms with Crippen LogP contribution in [0.3, 0.4) is 0 Å². The Bertz CT molecular complexity index is 683. The SMILES string of the molecule is COc1nc(C)c(NC(=O)c2c(C)nn(C)c2C)c(C)n1. The fourth-order valence-corrected chi connectivity index (χ4v) is 2.24. The van der Waals surface area contributed by atoms with Crippen molar-refractivity contribution in [1.29, 1.82) is 0 Å². The maximum atomic E-state index is 12.5. The molecule has 1 amide bonds. The first-order valence-electron chi connectivity index (χ1n) is 6.56. The summed E-state index contributed by atoms with van der Waals surface area (Å²) >= 11 is 0. The number of hydrogen-bond acceptors (Lipinski definition) is 5. The second-order valence-electron chi connectivity index (χ2n) is 4.88. The molecule has 0 fully saturated rings. The number of ether oxygens (including phenoxy) is 1. The molecule has 0 aromatic carbocycles. The lowest BCUT2D eigenvalue weighted by Gasteiger charge is -2.11. The maximum absolute atomic E-state index is 12.5. The van der Waals surface area contributed by atoms with Crippen LogP contribution in [0.5, 0.6) is 6.01 Å². The Balaban J connectivity index is 2.36. The summed E-state index contributed by atoms with van der Waals surface area (Å²) in [6, 6.07) is 0.289. The lowest BCUT2D eigenvalue weighted by atomic mass is 10.1. The van der Waals surface area contributed by atoms with Gasteiger partial charge in [0.15, 0.2) is 0 Å². The number of rotatable bonds is 3. The summed E-state index contributed by atoms with van der Waals surface area (Å²) in [7, 11) is 3.32. The second kappa shape index (κ2) is 5.51. The summed E-state index contributed by atoms with van der Waals surface area (Å²) in [5, 5.41) is 7.12. The molecule has 0 spiro atoms. The Kier molecular flexibility index (Phi) is 3.93. The van der Waals surface area contributed by atoms with Gasteiger partial charge in [-0.3, -0.25) is 9.48 Å². The number of carbonyl (C=O) groups is 1. The molecule has 0 aliphatic heterocycles. The monoisotopic (exact) mass is 289 g/mol. The van der Waals surface area contributed by atoms with E-state index in [-0.39, 0.29) is 11.9 Å². The van der Waals surface area contributed by atoms with Gasteiger partial charge in [-0.25, -0.2) is 0 Å². The van der Waals surface area contributed by atoms with Gasteiger partial charge in [-0.05, 0) is 27.7 Å². The summed E-state index contributed by atoms with van der Waals surface area (Å²) < 4.78 is 6.70. The van der Waals surface area contributed by atoms with E-state index in [1.54, 1.807) is 18.5 Å². The van der Waals surface area contributed by atoms with Crippen molar-refractivity contribution in [3.8, 4) is 6.01 Å². The molecule has 2 aromatic rings. The molecule has 0 aliphatic carbocycles. The average Bonchev–Trinajstić information content (AvgIpc) is 2.67. The van der Waals surface area contributed by atoms with E-state index >= 15 is 0 Å². The van der Waals surface area contributed by atoms with E-state index in [1.165, 1.54) is 7.11 Å². The summed E-state index contributed by atoms with van der Waals surface area (Å²) in [5.74, 6) is -0.210. The highest BCUT2D eigenvalue weighted by Crippen LogP contribution is 2.21. The second-order valence-corrected chi connectivity index (χ2v) is 4.88. The Morgan fingerprint density at radius 1 is 1.10 bits per heavy atom. The van der Waals surface area contributed by atoms with Gasteiger partial charge in [0.1, 0.15) is 0 Å². The minimum Gasteiger partial charge on any atom is -0.467 e. The van der Waals surface area contributed by atoms with Crippen LogP contribution < -0.4 is 10.1 Å². The molecule has 0 radical (unpaired) electrons. The third-order valence-corrected chi connectivity index (χ3v) is 3.41. The highest BCUT2D eigenvalue weighted by atomic mass is 16.5. The van der Waals surface area contributed by atoms with Crippen molar-refractivity contribution >= 4 is 11.6 Å². The summed E-state index contributed by atoms with van der Waals surface area (Å²) in [6.45, 7) is 7.27. The average molecular weight is 289 g/mol. The first kappa shape index (κ1) is 15.0. The van der Waals surface area contributed by atoms with Gasteiger partial charge < -0.3 is 10.1 Å². The number of aryl methyl sites for hydroxylation is 4. The van der Waals surface area contributed by atoms with Crippen LogP contribution in [-0.4, -0.2) is 32.8 Å². The van der Waals surface area contributed by atoms with Crippen LogP contribution in [0.25, 0.3) is 0 Å². The van der Waals surface area contributed by atoms with Gasteiger partial charge in [0.25, 0.3) is 5.91 Å². The zero-order valence-electron chi connectivity index (χ0n) is 13.1. The topological polar surface area (TPSA) is 81.9 Å². The van der Waals surface area contributed by atoms with E-state index < -0.39 is 0 Å². The molecule has 0 atom stereocenters. The van der Waals surface area contributed by atoms with Crippen molar-refractivity contribution in [1.82, 2.24) is 19.7 Å². The Labute approximate surface area is 123 Å². The minimum absolute atomic E-state index is 0.210. The smallest absolute Gasteiger partial charge is 0.316 e. The molecule has 112 valence electrons. The Morgan fingerprint density at radius 3 is 2.10 bits per heavy atom. The van der Waals surface area contributed by atoms with E-state index in [9.17, 15) is 4.79 Å². The predicted molar refractivity (Wildman–Crippen MR) is 78.7 cm³/mol. The van der Waals surface area contributed by atoms with Crippen molar-refractivity contribution in [3.05, 3.63) is 28.3 Å². The molecule has 7 heteroatoms. The van der Waals surface area contributed by atoms with E-state index in [2.05, 4.69) is 20.4 Å². The van der Waals surface area contributed by atoms with Crippen molar-refractivity contribution < 1.29 is 9.53 Å². The van der Waals surface area contributed by atoms with Gasteiger partial charge in [-0.1, -0.05) is 0 Å². The summed E-state index contributed by atoms with van der Waals surface area (Å²) in [5.41, 5.74) is 4.00. The summed E-state index contributed by atoms with van der Waals surface area (Å²) in [4.78, 5) is 20.8. The first-order valence-corrected chi connectivity index (χ1v) is 6.56. The van der Waals surface area contributed by atoms with Crippen LogP contribution in [0, 0.1) is 27.7 Å². The minimum atomic E-state index is -0.210. The molecule has 1 N–H and O–H groups in total. The van der Waals surface area contributed by atoms with Crippen LogP contribution in [0.4, 0.5) is 5.69 Å². The van der Waals surface area contributed by atoms with Crippen molar-refractivity contribution in [2.45, 2.75) is 27.7 Å². The fraction of sp³-hybridized carbons (Fsp3) is 0.429. The molecule has 21 heavy (non-hydrogen) atoms. The van der Waals surface area contributed by atoms with Gasteiger partial charge in [0.05, 0.1) is 35.4 Å². The number of aromatic nitrogens is 4. The highest BCUT2D eigenvalue weighted by Gasteiger charge is 2.19. The van der Waals surface area contributed by atoms with Crippen LogP contribution in [0.1, 0.15) is 33.1 Å². The molecule has 2 rings (SSSR count). The van der Waals surface area contributed by atoms with Crippen LogP contribution in [-0.2, 0) is 7.05 Å². The number of nitrogens with one attached hydrogen (secondary N) is 1. The van der Waals surface area contributed by atoms with Crippen molar-refractivity contribution in [2.24, 2.45) is 7.05 Å². The van der Waals surface area contributed by atoms with Crippen LogP contribution in [0.15, 0.2) is 0 Å². The van der Waals surface area contributed by atoms with E-state index in [0.29, 0.717) is 28.3 Å². The molecule has 0 bridgehead atoms. The standard InChI is InChI=1S/C14H19N5O2/c1-7-11(10(4)19(5)18-7)13(20)17-12-8(2)15-14(21-6)16-9(12)3/h1-6H3,(H,17,20). The molecular formula is C14H19N5O2. The molecule has 0 saturated heterocycles. The Morgan fingerprint density at radius 2 is 1.67 bits per heavy atom. The van der Waals surface area contributed by atoms with Gasteiger partial charge in [-0.2, -0.15) is 15.1 Å². The summed E-state index contributed by atoms with van der Waals surface area (Å²) in [6.07, 6.45) is 0. The van der Waals surface area contributed by atoms with Crippen LogP contribution >= 0.6 is 0 Å². The molecule has 2 heterocycles. The number of methoxy groups -OCH3 is 1.